The van der Waals surface area contributed by atoms with E-state index in [0.29, 0.717) is 18.1 Å². The second-order valence-electron chi connectivity index (χ2n) is 4.64. The van der Waals surface area contributed by atoms with Crippen molar-refractivity contribution < 1.29 is 9.90 Å². The quantitative estimate of drug-likeness (QED) is 0.821. The van der Waals surface area contributed by atoms with Gasteiger partial charge in [0.1, 0.15) is 0 Å². The van der Waals surface area contributed by atoms with Gasteiger partial charge >= 0.3 is 5.97 Å². The third kappa shape index (κ3) is 6.38. The fraction of sp³-hybridized carbons (Fsp3) is 0.462. The first-order chi connectivity index (χ1) is 8.88. The van der Waals surface area contributed by atoms with Gasteiger partial charge in [-0.25, -0.2) is 0 Å². The van der Waals surface area contributed by atoms with Gasteiger partial charge < -0.3 is 10.0 Å². The minimum absolute atomic E-state index is 0.0106. The van der Waals surface area contributed by atoms with Crippen molar-refractivity contribution in [2.45, 2.75) is 6.54 Å². The van der Waals surface area contributed by atoms with Gasteiger partial charge in [-0.3, -0.25) is 9.69 Å². The predicted octanol–water partition coefficient (Wildman–Crippen LogP) is 2.55. The topological polar surface area (TPSA) is 43.8 Å². The van der Waals surface area contributed by atoms with E-state index < -0.39 is 5.97 Å². The number of benzene rings is 1. The van der Waals surface area contributed by atoms with Crippen LogP contribution in [0.15, 0.2) is 22.7 Å². The molecule has 0 unspecified atom stereocenters. The minimum Gasteiger partial charge on any atom is -0.480 e. The number of hydrogen-bond donors (Lipinski definition) is 1. The molecule has 0 atom stereocenters. The molecule has 6 heteroatoms. The second-order valence-corrected chi connectivity index (χ2v) is 5.97. The van der Waals surface area contributed by atoms with E-state index in [2.05, 4.69) is 15.9 Å². The molecule has 0 aliphatic heterocycles. The molecular formula is C13H18BrClN2O2. The average Bonchev–Trinajstić information content (AvgIpc) is 2.30. The summed E-state index contributed by atoms with van der Waals surface area (Å²) in [5.41, 5.74) is 0.927. The fourth-order valence-corrected chi connectivity index (χ4v) is 2.24. The standard InChI is InChI=1S/C13H18BrClN2O2/c1-16(2)5-6-17(9-13(18)19)8-10-7-11(14)3-4-12(10)15/h3-4,7H,5-6,8-9H2,1-2H3,(H,18,19). The van der Waals surface area contributed by atoms with Crippen molar-refractivity contribution in [3.8, 4) is 0 Å². The second kappa shape index (κ2) is 7.85. The average molecular weight is 350 g/mol. The third-order valence-electron chi connectivity index (χ3n) is 2.62. The van der Waals surface area contributed by atoms with Crippen LogP contribution in [-0.4, -0.2) is 54.6 Å². The molecule has 106 valence electrons. The van der Waals surface area contributed by atoms with Crippen LogP contribution in [0.2, 0.25) is 5.02 Å². The van der Waals surface area contributed by atoms with Crippen LogP contribution in [0.25, 0.3) is 0 Å². The largest absolute Gasteiger partial charge is 0.480 e. The van der Waals surface area contributed by atoms with E-state index in [1.54, 1.807) is 0 Å². The van der Waals surface area contributed by atoms with Gasteiger partial charge in [0, 0.05) is 29.1 Å². The summed E-state index contributed by atoms with van der Waals surface area (Å²) in [5.74, 6) is -0.829. The monoisotopic (exact) mass is 348 g/mol. The van der Waals surface area contributed by atoms with Crippen LogP contribution in [-0.2, 0) is 11.3 Å². The number of carboxylic acids is 1. The number of rotatable bonds is 7. The van der Waals surface area contributed by atoms with Gasteiger partial charge in [-0.1, -0.05) is 27.5 Å². The molecule has 0 heterocycles. The number of likely N-dealkylation sites (N-methyl/N-ethyl adjacent to an activating group) is 1. The Bertz CT molecular complexity index is 441. The van der Waals surface area contributed by atoms with Crippen molar-refractivity contribution in [1.29, 1.82) is 0 Å². The van der Waals surface area contributed by atoms with Gasteiger partial charge in [-0.05, 0) is 37.9 Å². The van der Waals surface area contributed by atoms with Gasteiger partial charge in [-0.2, -0.15) is 0 Å². The molecule has 0 bridgehead atoms. The van der Waals surface area contributed by atoms with Crippen LogP contribution in [0.3, 0.4) is 0 Å². The van der Waals surface area contributed by atoms with Crippen molar-refractivity contribution in [1.82, 2.24) is 9.80 Å². The summed E-state index contributed by atoms with van der Waals surface area (Å²) < 4.78 is 0.940. The Kier molecular flexibility index (Phi) is 6.79. The van der Waals surface area contributed by atoms with Gasteiger partial charge in [0.2, 0.25) is 0 Å². The molecule has 4 nitrogen and oxygen atoms in total. The molecule has 0 saturated carbocycles. The van der Waals surface area contributed by atoms with Gasteiger partial charge in [0.05, 0.1) is 6.54 Å². The van der Waals surface area contributed by atoms with Crippen molar-refractivity contribution in [2.75, 3.05) is 33.7 Å². The van der Waals surface area contributed by atoms with Crippen molar-refractivity contribution >= 4 is 33.5 Å². The molecule has 0 aliphatic rings. The van der Waals surface area contributed by atoms with Crippen molar-refractivity contribution in [3.05, 3.63) is 33.3 Å². The number of halogens is 2. The van der Waals surface area contributed by atoms with Crippen LogP contribution in [0, 0.1) is 0 Å². The number of nitrogens with zero attached hydrogens (tertiary/aromatic N) is 2. The van der Waals surface area contributed by atoms with E-state index in [4.69, 9.17) is 16.7 Å². The van der Waals surface area contributed by atoms with Gasteiger partial charge in [0.25, 0.3) is 0 Å². The molecule has 0 aliphatic carbocycles. The summed E-state index contributed by atoms with van der Waals surface area (Å²) >= 11 is 9.53. The van der Waals surface area contributed by atoms with Crippen LogP contribution in [0.4, 0.5) is 0 Å². The molecule has 1 rings (SSSR count). The van der Waals surface area contributed by atoms with E-state index in [1.165, 1.54) is 0 Å². The lowest BCUT2D eigenvalue weighted by Crippen LogP contribution is -2.35. The maximum absolute atomic E-state index is 10.9. The summed E-state index contributed by atoms with van der Waals surface area (Å²) in [6.45, 7) is 2.02. The summed E-state index contributed by atoms with van der Waals surface area (Å²) in [7, 11) is 3.93. The SMILES string of the molecule is CN(C)CCN(CC(=O)O)Cc1cc(Br)ccc1Cl. The molecule has 1 N–H and O–H groups in total. The molecule has 0 fully saturated rings. The highest BCUT2D eigenvalue weighted by molar-refractivity contribution is 9.10. The van der Waals surface area contributed by atoms with Crippen LogP contribution < -0.4 is 0 Å². The molecule has 0 spiro atoms. The van der Waals surface area contributed by atoms with Gasteiger partial charge in [0.15, 0.2) is 0 Å². The number of carbonyl (C=O) groups is 1. The van der Waals surface area contributed by atoms with E-state index in [-0.39, 0.29) is 6.54 Å². The van der Waals surface area contributed by atoms with Gasteiger partial charge in [-0.15, -0.1) is 0 Å². The summed E-state index contributed by atoms with van der Waals surface area (Å²) in [5, 5.41) is 9.61. The first kappa shape index (κ1) is 16.4. The first-order valence-corrected chi connectivity index (χ1v) is 7.08. The van der Waals surface area contributed by atoms with Crippen LogP contribution in [0.5, 0.6) is 0 Å². The van der Waals surface area contributed by atoms with Crippen molar-refractivity contribution in [2.24, 2.45) is 0 Å². The lowest BCUT2D eigenvalue weighted by atomic mass is 10.2. The zero-order valence-electron chi connectivity index (χ0n) is 11.1. The Hall–Kier alpha value is -0.620. The zero-order valence-corrected chi connectivity index (χ0v) is 13.4. The highest BCUT2D eigenvalue weighted by Crippen LogP contribution is 2.22. The Labute approximate surface area is 127 Å². The smallest absolute Gasteiger partial charge is 0.317 e. The Morgan fingerprint density at radius 1 is 1.37 bits per heavy atom. The minimum atomic E-state index is -0.829. The first-order valence-electron chi connectivity index (χ1n) is 5.91. The number of aliphatic carboxylic acids is 1. The molecule has 0 aromatic heterocycles. The number of hydrogen-bond acceptors (Lipinski definition) is 3. The summed E-state index contributed by atoms with van der Waals surface area (Å²) in [6.07, 6.45) is 0. The fourth-order valence-electron chi connectivity index (χ4n) is 1.65. The molecule has 19 heavy (non-hydrogen) atoms. The molecular weight excluding hydrogens is 332 g/mol. The maximum atomic E-state index is 10.9. The maximum Gasteiger partial charge on any atom is 0.317 e. The molecule has 0 saturated heterocycles. The summed E-state index contributed by atoms with van der Waals surface area (Å²) in [6, 6.07) is 5.60. The van der Waals surface area contributed by atoms with E-state index >= 15 is 0 Å². The Morgan fingerprint density at radius 3 is 2.63 bits per heavy atom. The van der Waals surface area contributed by atoms with Crippen LogP contribution in [0.1, 0.15) is 5.56 Å². The molecule has 0 amide bonds. The summed E-state index contributed by atoms with van der Waals surface area (Å²) in [4.78, 5) is 14.8. The Morgan fingerprint density at radius 2 is 2.05 bits per heavy atom. The highest BCUT2D eigenvalue weighted by Gasteiger charge is 2.12. The predicted molar refractivity (Wildman–Crippen MR) is 80.6 cm³/mol. The molecule has 1 aromatic carbocycles. The third-order valence-corrected chi connectivity index (χ3v) is 3.49. The zero-order chi connectivity index (χ0) is 14.4. The Balaban J connectivity index is 2.74. The van der Waals surface area contributed by atoms with E-state index in [9.17, 15) is 4.79 Å². The normalized spacial score (nSPS) is 11.3. The van der Waals surface area contributed by atoms with Crippen LogP contribution >= 0.6 is 27.5 Å². The highest BCUT2D eigenvalue weighted by atomic mass is 79.9. The molecule has 0 radical (unpaired) electrons. The van der Waals surface area contributed by atoms with Crippen molar-refractivity contribution in [3.63, 3.8) is 0 Å². The van der Waals surface area contributed by atoms with E-state index in [1.807, 2.05) is 42.1 Å². The lowest BCUT2D eigenvalue weighted by molar-refractivity contribution is -0.138. The molecule has 1 aromatic rings. The lowest BCUT2D eigenvalue weighted by Gasteiger charge is -2.23. The number of carboxylic acid groups (broad SMARTS) is 1. The van der Waals surface area contributed by atoms with E-state index in [0.717, 1.165) is 16.6 Å².